The molecule has 0 saturated carbocycles. The van der Waals surface area contributed by atoms with Crippen LogP contribution < -0.4 is 10.1 Å². The van der Waals surface area contributed by atoms with Crippen LogP contribution in [0.4, 0.5) is 10.1 Å². The number of hydrogen-bond donors (Lipinski definition) is 1. The molecule has 0 fully saturated rings. The van der Waals surface area contributed by atoms with Crippen LogP contribution in [0.5, 0.6) is 5.75 Å². The molecule has 1 amide bonds. The van der Waals surface area contributed by atoms with Gasteiger partial charge in [-0.25, -0.2) is 4.39 Å². The van der Waals surface area contributed by atoms with Gasteiger partial charge in [0, 0.05) is 16.8 Å². The first-order valence-corrected chi connectivity index (χ1v) is 7.08. The molecule has 0 bridgehead atoms. The molecule has 0 aromatic heterocycles. The molecule has 2 rings (SSSR count). The smallest absolute Gasteiger partial charge is 0.248 e. The Bertz CT molecular complexity index is 639. The summed E-state index contributed by atoms with van der Waals surface area (Å²) in [5.74, 6) is 0.319. The minimum atomic E-state index is -0.534. The summed E-state index contributed by atoms with van der Waals surface area (Å²) >= 11 is 5.79. The average molecular weight is 320 g/mol. The molecular weight excluding hydrogens is 305 g/mol. The molecule has 0 spiro atoms. The molecule has 2 aromatic carbocycles. The second kappa shape index (κ2) is 8.20. The van der Waals surface area contributed by atoms with Crippen molar-refractivity contribution >= 4 is 29.3 Å². The van der Waals surface area contributed by atoms with E-state index in [9.17, 15) is 9.18 Å². The predicted molar refractivity (Wildman–Crippen MR) is 87.0 cm³/mol. The number of ether oxygens (including phenoxy) is 1. The predicted octanol–water partition coefficient (Wildman–Crippen LogP) is 4.34. The number of halogens is 2. The van der Waals surface area contributed by atoms with Crippen LogP contribution in [0.25, 0.3) is 6.08 Å². The van der Waals surface area contributed by atoms with Crippen molar-refractivity contribution in [2.75, 3.05) is 18.6 Å². The third-order valence-corrected chi connectivity index (χ3v) is 3.02. The molecule has 0 saturated heterocycles. The van der Waals surface area contributed by atoms with E-state index in [0.717, 1.165) is 5.56 Å². The van der Waals surface area contributed by atoms with Crippen LogP contribution in [0.1, 0.15) is 5.56 Å². The highest BCUT2D eigenvalue weighted by Crippen LogP contribution is 2.16. The molecular formula is C17H15ClFNO2. The van der Waals surface area contributed by atoms with Crippen LogP contribution in [0.2, 0.25) is 5.02 Å². The van der Waals surface area contributed by atoms with E-state index in [-0.39, 0.29) is 12.5 Å². The van der Waals surface area contributed by atoms with Crippen LogP contribution in [-0.2, 0) is 4.79 Å². The number of carbonyl (C=O) groups excluding carboxylic acids is 1. The van der Waals surface area contributed by atoms with Crippen LogP contribution in [0.15, 0.2) is 54.6 Å². The second-order valence-electron chi connectivity index (χ2n) is 4.44. The van der Waals surface area contributed by atoms with Gasteiger partial charge >= 0.3 is 0 Å². The molecule has 0 heterocycles. The summed E-state index contributed by atoms with van der Waals surface area (Å²) in [6.45, 7) is -0.510. The van der Waals surface area contributed by atoms with Crippen molar-refractivity contribution in [3.05, 3.63) is 65.2 Å². The third kappa shape index (κ3) is 5.22. The Morgan fingerprint density at radius 1 is 1.14 bits per heavy atom. The molecule has 0 unspecified atom stereocenters. The van der Waals surface area contributed by atoms with Crippen LogP contribution in [-0.4, -0.2) is 19.2 Å². The molecule has 0 radical (unpaired) electrons. The van der Waals surface area contributed by atoms with Crippen LogP contribution in [0, 0.1) is 0 Å². The van der Waals surface area contributed by atoms with Crippen molar-refractivity contribution in [3.63, 3.8) is 0 Å². The number of carbonyl (C=O) groups is 1. The van der Waals surface area contributed by atoms with E-state index < -0.39 is 6.67 Å². The number of anilines is 1. The highest BCUT2D eigenvalue weighted by Gasteiger charge is 1.99. The first kappa shape index (κ1) is 16.0. The van der Waals surface area contributed by atoms with Crippen LogP contribution in [0.3, 0.4) is 0 Å². The fourth-order valence-corrected chi connectivity index (χ4v) is 1.85. The zero-order valence-corrected chi connectivity index (χ0v) is 12.5. The van der Waals surface area contributed by atoms with E-state index in [2.05, 4.69) is 5.32 Å². The van der Waals surface area contributed by atoms with E-state index in [1.807, 2.05) is 12.1 Å². The summed E-state index contributed by atoms with van der Waals surface area (Å²) < 4.78 is 17.1. The standard InChI is InChI=1S/C17H15ClFNO2/c18-14-4-1-13(2-5-14)3-10-17(21)20-15-6-8-16(9-7-15)22-12-11-19/h1-10H,11-12H2,(H,20,21)/b10-3+. The maximum absolute atomic E-state index is 12.0. The number of benzene rings is 2. The number of rotatable bonds is 6. The first-order valence-electron chi connectivity index (χ1n) is 6.71. The van der Waals surface area contributed by atoms with Gasteiger partial charge in [0.2, 0.25) is 5.91 Å². The lowest BCUT2D eigenvalue weighted by molar-refractivity contribution is -0.111. The SMILES string of the molecule is O=C(/C=C/c1ccc(Cl)cc1)Nc1ccc(OCCF)cc1. The van der Waals surface area contributed by atoms with E-state index in [0.29, 0.717) is 16.5 Å². The molecule has 3 nitrogen and oxygen atoms in total. The van der Waals surface area contributed by atoms with Gasteiger partial charge in [0.1, 0.15) is 19.0 Å². The van der Waals surface area contributed by atoms with Gasteiger partial charge < -0.3 is 10.1 Å². The highest BCUT2D eigenvalue weighted by atomic mass is 35.5. The van der Waals surface area contributed by atoms with Crippen LogP contribution >= 0.6 is 11.6 Å². The molecule has 0 aliphatic heterocycles. The zero-order chi connectivity index (χ0) is 15.8. The Kier molecular flexibility index (Phi) is 5.98. The van der Waals surface area contributed by atoms with E-state index in [4.69, 9.17) is 16.3 Å². The number of alkyl halides is 1. The van der Waals surface area contributed by atoms with E-state index in [1.165, 1.54) is 6.08 Å². The zero-order valence-electron chi connectivity index (χ0n) is 11.8. The quantitative estimate of drug-likeness (QED) is 0.804. The molecule has 1 N–H and O–H groups in total. The lowest BCUT2D eigenvalue weighted by Crippen LogP contribution is -2.07. The number of nitrogens with one attached hydrogen (secondary N) is 1. The summed E-state index contributed by atoms with van der Waals surface area (Å²) in [5.41, 5.74) is 1.52. The second-order valence-corrected chi connectivity index (χ2v) is 4.87. The van der Waals surface area contributed by atoms with Crippen molar-refractivity contribution in [2.24, 2.45) is 0 Å². The molecule has 5 heteroatoms. The van der Waals surface area contributed by atoms with Gasteiger partial charge in [0.05, 0.1) is 0 Å². The average Bonchev–Trinajstić information content (AvgIpc) is 2.54. The molecule has 2 aromatic rings. The molecule has 0 atom stereocenters. The summed E-state index contributed by atoms with van der Waals surface area (Å²) in [6.07, 6.45) is 3.14. The lowest BCUT2D eigenvalue weighted by atomic mass is 10.2. The summed E-state index contributed by atoms with van der Waals surface area (Å²) in [5, 5.41) is 3.38. The molecule has 114 valence electrons. The fraction of sp³-hybridized carbons (Fsp3) is 0.118. The minimum absolute atomic E-state index is 0.0233. The maximum Gasteiger partial charge on any atom is 0.248 e. The van der Waals surface area contributed by atoms with Crippen molar-refractivity contribution in [1.29, 1.82) is 0 Å². The summed E-state index contributed by atoms with van der Waals surface area (Å²) in [4.78, 5) is 11.8. The van der Waals surface area contributed by atoms with Gasteiger partial charge in [-0.1, -0.05) is 23.7 Å². The van der Waals surface area contributed by atoms with Crippen molar-refractivity contribution < 1.29 is 13.9 Å². The number of hydrogen-bond acceptors (Lipinski definition) is 2. The Labute approximate surface area is 133 Å². The molecule has 22 heavy (non-hydrogen) atoms. The Morgan fingerprint density at radius 3 is 2.45 bits per heavy atom. The lowest BCUT2D eigenvalue weighted by Gasteiger charge is -2.05. The number of amides is 1. The van der Waals surface area contributed by atoms with E-state index >= 15 is 0 Å². The summed E-state index contributed by atoms with van der Waals surface area (Å²) in [7, 11) is 0. The van der Waals surface area contributed by atoms with Gasteiger partial charge in [-0.05, 0) is 48.0 Å². The fourth-order valence-electron chi connectivity index (χ4n) is 1.72. The van der Waals surface area contributed by atoms with Gasteiger partial charge in [-0.2, -0.15) is 0 Å². The Hall–Kier alpha value is -2.33. The third-order valence-electron chi connectivity index (χ3n) is 2.76. The first-order chi connectivity index (χ1) is 10.7. The van der Waals surface area contributed by atoms with Crippen molar-refractivity contribution in [3.8, 4) is 5.75 Å². The monoisotopic (exact) mass is 319 g/mol. The Morgan fingerprint density at radius 2 is 1.82 bits per heavy atom. The molecule has 0 aliphatic rings. The highest BCUT2D eigenvalue weighted by molar-refractivity contribution is 6.30. The largest absolute Gasteiger partial charge is 0.491 e. The summed E-state index contributed by atoms with van der Waals surface area (Å²) in [6, 6.07) is 13.9. The van der Waals surface area contributed by atoms with Gasteiger partial charge in [0.25, 0.3) is 0 Å². The normalized spacial score (nSPS) is 10.6. The van der Waals surface area contributed by atoms with Crippen molar-refractivity contribution in [1.82, 2.24) is 0 Å². The van der Waals surface area contributed by atoms with Gasteiger partial charge in [-0.3, -0.25) is 4.79 Å². The van der Waals surface area contributed by atoms with Gasteiger partial charge in [-0.15, -0.1) is 0 Å². The van der Waals surface area contributed by atoms with Crippen molar-refractivity contribution in [2.45, 2.75) is 0 Å². The molecule has 0 aliphatic carbocycles. The van der Waals surface area contributed by atoms with E-state index in [1.54, 1.807) is 42.5 Å². The van der Waals surface area contributed by atoms with Gasteiger partial charge in [0.15, 0.2) is 0 Å². The minimum Gasteiger partial charge on any atom is -0.491 e. The topological polar surface area (TPSA) is 38.3 Å². The Balaban J connectivity index is 1.89. The maximum atomic E-state index is 12.0.